The number of hydrogen-bond acceptors (Lipinski definition) is 18. The van der Waals surface area contributed by atoms with Crippen LogP contribution in [0.3, 0.4) is 0 Å². The molecule has 0 spiro atoms. The van der Waals surface area contributed by atoms with E-state index in [9.17, 15) is 61.0 Å². The molecule has 0 aromatic heterocycles. The Morgan fingerprint density at radius 3 is 1.71 bits per heavy atom. The molecule has 19 nitrogen and oxygen atoms in total. The zero-order valence-electron chi connectivity index (χ0n) is 31.4. The van der Waals surface area contributed by atoms with Gasteiger partial charge in [-0.1, -0.05) is 57.4 Å². The lowest BCUT2D eigenvalue weighted by Gasteiger charge is -2.48. The first kappa shape index (κ1) is 47.6. The highest BCUT2D eigenvalue weighted by Gasteiger charge is 2.53. The monoisotopic (exact) mass is 797 g/mol. The van der Waals surface area contributed by atoms with Gasteiger partial charge in [-0.25, -0.2) is 0 Å². The van der Waals surface area contributed by atoms with Crippen molar-refractivity contribution >= 4 is 5.91 Å². The number of nitrogens with one attached hydrogen (secondary N) is 1. The molecule has 12 N–H and O–H groups in total. The summed E-state index contributed by atoms with van der Waals surface area (Å²) < 4.78 is 33.6. The first-order chi connectivity index (χ1) is 26.3. The number of amides is 1. The van der Waals surface area contributed by atoms with Crippen LogP contribution in [0.2, 0.25) is 0 Å². The molecule has 17 atom stereocenters. The minimum Gasteiger partial charge on any atom is -0.394 e. The Balaban J connectivity index is 1.65. The third kappa shape index (κ3) is 13.4. The van der Waals surface area contributed by atoms with Gasteiger partial charge in [0.05, 0.1) is 38.6 Å². The highest BCUT2D eigenvalue weighted by atomic mass is 16.8. The molecule has 0 aromatic rings. The summed E-state index contributed by atoms with van der Waals surface area (Å²) in [4.78, 5) is 12.7. The number of rotatable bonds is 22. The summed E-state index contributed by atoms with van der Waals surface area (Å²) in [6.45, 7) is 1.29. The number of aliphatic hydroxyl groups is 11. The SMILES string of the molecule is CCC/C=C/CC/C=C/C(O)C(COC1OC(CO)C(OC2OC(CO)C(OC3OC(CO)C(O)C(O)C3O)C(O)C2O)C(O)C1O)NC(=O)CCCCC. The summed E-state index contributed by atoms with van der Waals surface area (Å²) in [7, 11) is 0. The summed E-state index contributed by atoms with van der Waals surface area (Å²) in [6, 6.07) is -0.976. The Kier molecular flexibility index (Phi) is 21.0. The van der Waals surface area contributed by atoms with Crippen LogP contribution in [0, 0.1) is 0 Å². The average Bonchev–Trinajstić information content (AvgIpc) is 3.17. The van der Waals surface area contributed by atoms with E-state index >= 15 is 0 Å². The third-order valence-electron chi connectivity index (χ3n) is 9.73. The first-order valence-electron chi connectivity index (χ1n) is 19.1. The molecule has 3 heterocycles. The molecular formula is C36H63NO18. The van der Waals surface area contributed by atoms with Crippen molar-refractivity contribution in [1.82, 2.24) is 5.32 Å². The molecule has 55 heavy (non-hydrogen) atoms. The summed E-state index contributed by atoms with van der Waals surface area (Å²) in [5, 5.41) is 118. The van der Waals surface area contributed by atoms with Crippen molar-refractivity contribution in [1.29, 1.82) is 0 Å². The van der Waals surface area contributed by atoms with E-state index < -0.39 is 124 Å². The van der Waals surface area contributed by atoms with Crippen LogP contribution in [0.5, 0.6) is 0 Å². The Labute approximate surface area is 320 Å². The maximum absolute atomic E-state index is 12.7. The van der Waals surface area contributed by atoms with E-state index in [-0.39, 0.29) is 18.9 Å². The third-order valence-corrected chi connectivity index (χ3v) is 9.73. The predicted octanol–water partition coefficient (Wildman–Crippen LogP) is -3.43. The van der Waals surface area contributed by atoms with Crippen molar-refractivity contribution in [2.45, 2.75) is 169 Å². The summed E-state index contributed by atoms with van der Waals surface area (Å²) in [6.07, 6.45) is -13.3. The topological polar surface area (TPSA) is 307 Å². The van der Waals surface area contributed by atoms with Crippen molar-refractivity contribution in [2.24, 2.45) is 0 Å². The van der Waals surface area contributed by atoms with E-state index in [1.165, 1.54) is 6.08 Å². The summed E-state index contributed by atoms with van der Waals surface area (Å²) in [5.74, 6) is -0.320. The average molecular weight is 798 g/mol. The van der Waals surface area contributed by atoms with Gasteiger partial charge in [-0.2, -0.15) is 0 Å². The fourth-order valence-electron chi connectivity index (χ4n) is 6.38. The molecule has 0 bridgehead atoms. The van der Waals surface area contributed by atoms with Gasteiger partial charge < -0.3 is 89.9 Å². The number of ether oxygens (including phenoxy) is 6. The van der Waals surface area contributed by atoms with Crippen LogP contribution in [-0.4, -0.2) is 193 Å². The lowest BCUT2D eigenvalue weighted by Crippen LogP contribution is -2.66. The van der Waals surface area contributed by atoms with Gasteiger partial charge >= 0.3 is 0 Å². The van der Waals surface area contributed by atoms with Crippen LogP contribution >= 0.6 is 0 Å². The molecule has 0 saturated carbocycles. The number of carbonyl (C=O) groups is 1. The largest absolute Gasteiger partial charge is 0.394 e. The van der Waals surface area contributed by atoms with E-state index in [2.05, 4.69) is 18.3 Å². The number of allylic oxidation sites excluding steroid dienone is 3. The second-order valence-electron chi connectivity index (χ2n) is 14.0. The van der Waals surface area contributed by atoms with Gasteiger partial charge in [-0.3, -0.25) is 4.79 Å². The molecular weight excluding hydrogens is 734 g/mol. The van der Waals surface area contributed by atoms with Gasteiger partial charge in [0.15, 0.2) is 18.9 Å². The highest BCUT2D eigenvalue weighted by Crippen LogP contribution is 2.32. The van der Waals surface area contributed by atoms with E-state index in [0.29, 0.717) is 12.8 Å². The Morgan fingerprint density at radius 2 is 1.15 bits per heavy atom. The Bertz CT molecular complexity index is 1140. The minimum atomic E-state index is -1.97. The molecule has 3 saturated heterocycles. The highest BCUT2D eigenvalue weighted by molar-refractivity contribution is 5.76. The smallest absolute Gasteiger partial charge is 0.220 e. The zero-order valence-corrected chi connectivity index (χ0v) is 31.4. The van der Waals surface area contributed by atoms with E-state index in [1.807, 2.05) is 13.0 Å². The molecule has 1 amide bonds. The molecule has 3 fully saturated rings. The second-order valence-corrected chi connectivity index (χ2v) is 14.0. The van der Waals surface area contributed by atoms with Crippen molar-refractivity contribution in [2.75, 3.05) is 26.4 Å². The van der Waals surface area contributed by atoms with Gasteiger partial charge in [-0.05, 0) is 25.7 Å². The van der Waals surface area contributed by atoms with Crippen molar-refractivity contribution < 1.29 is 89.4 Å². The fraction of sp³-hybridized carbons (Fsp3) is 0.861. The van der Waals surface area contributed by atoms with Gasteiger partial charge in [0.2, 0.25) is 5.91 Å². The fourth-order valence-corrected chi connectivity index (χ4v) is 6.38. The zero-order chi connectivity index (χ0) is 40.7. The standard InChI is InChI=1S/C36H63NO18/c1-3-5-7-8-9-10-12-13-20(41)19(37-24(42)14-11-6-4-2)18-50-34-30(48)27(45)32(22(16-39)52-34)55-36-31(49)28(46)33(23(17-40)53-36)54-35-29(47)26(44)25(43)21(15-38)51-35/h7-8,12-13,19-23,25-36,38-41,43-49H,3-6,9-11,14-18H2,1-2H3,(H,37,42)/b8-7+,13-12+. The number of carbonyl (C=O) groups excluding carboxylic acids is 1. The van der Waals surface area contributed by atoms with Gasteiger partial charge in [0.25, 0.3) is 0 Å². The van der Waals surface area contributed by atoms with Crippen LogP contribution in [0.4, 0.5) is 0 Å². The maximum Gasteiger partial charge on any atom is 0.220 e. The molecule has 0 aromatic carbocycles. The van der Waals surface area contributed by atoms with Crippen molar-refractivity contribution in [3.63, 3.8) is 0 Å². The number of unbranched alkanes of at least 4 members (excludes halogenated alkanes) is 4. The van der Waals surface area contributed by atoms with Crippen LogP contribution in [-0.2, 0) is 33.2 Å². The lowest BCUT2D eigenvalue weighted by atomic mass is 9.96. The maximum atomic E-state index is 12.7. The van der Waals surface area contributed by atoms with Crippen LogP contribution in [0.15, 0.2) is 24.3 Å². The second kappa shape index (κ2) is 24.3. The first-order valence-corrected chi connectivity index (χ1v) is 19.1. The molecule has 17 unspecified atom stereocenters. The molecule has 19 heteroatoms. The molecule has 0 radical (unpaired) electrons. The Morgan fingerprint density at radius 1 is 0.636 bits per heavy atom. The van der Waals surface area contributed by atoms with Gasteiger partial charge in [0.1, 0.15) is 73.2 Å². The molecule has 3 aliphatic rings. The van der Waals surface area contributed by atoms with E-state index in [4.69, 9.17) is 28.4 Å². The van der Waals surface area contributed by atoms with E-state index in [1.54, 1.807) is 6.08 Å². The van der Waals surface area contributed by atoms with Crippen molar-refractivity contribution in [3.8, 4) is 0 Å². The lowest BCUT2D eigenvalue weighted by molar-refractivity contribution is -0.379. The molecule has 320 valence electrons. The molecule has 3 rings (SSSR count). The van der Waals surface area contributed by atoms with Crippen LogP contribution in [0.25, 0.3) is 0 Å². The van der Waals surface area contributed by atoms with Crippen LogP contribution in [0.1, 0.15) is 65.2 Å². The summed E-state index contributed by atoms with van der Waals surface area (Å²) >= 11 is 0. The summed E-state index contributed by atoms with van der Waals surface area (Å²) in [5.41, 5.74) is 0. The van der Waals surface area contributed by atoms with Gasteiger partial charge in [-0.15, -0.1) is 0 Å². The minimum absolute atomic E-state index is 0.220. The van der Waals surface area contributed by atoms with E-state index in [0.717, 1.165) is 32.1 Å². The molecule has 0 aliphatic carbocycles. The normalized spacial score (nSPS) is 38.4. The Hall–Kier alpha value is -1.73. The van der Waals surface area contributed by atoms with Crippen molar-refractivity contribution in [3.05, 3.63) is 24.3 Å². The van der Waals surface area contributed by atoms with Crippen LogP contribution < -0.4 is 5.32 Å². The quantitative estimate of drug-likeness (QED) is 0.0375. The molecule has 3 aliphatic heterocycles. The number of aliphatic hydroxyl groups excluding tert-OH is 11. The predicted molar refractivity (Wildman–Crippen MR) is 189 cm³/mol. The van der Waals surface area contributed by atoms with Gasteiger partial charge in [0, 0.05) is 6.42 Å². The number of hydrogen-bond donors (Lipinski definition) is 12.